The molecule has 0 bridgehead atoms. The van der Waals surface area contributed by atoms with Crippen molar-refractivity contribution < 1.29 is 14.3 Å². The van der Waals surface area contributed by atoms with Gasteiger partial charge >= 0.3 is 5.97 Å². The number of carbonyl (C=O) groups is 1. The van der Waals surface area contributed by atoms with Gasteiger partial charge < -0.3 is 9.47 Å². The summed E-state index contributed by atoms with van der Waals surface area (Å²) in [4.78, 5) is 11.5. The number of esters is 1. The molecule has 112 valence electrons. The summed E-state index contributed by atoms with van der Waals surface area (Å²) in [6, 6.07) is 8.17. The van der Waals surface area contributed by atoms with Gasteiger partial charge in [-0.1, -0.05) is 26.0 Å². The van der Waals surface area contributed by atoms with Crippen LogP contribution in [0.4, 0.5) is 0 Å². The predicted molar refractivity (Wildman–Crippen MR) is 81.0 cm³/mol. The SMILES string of the molecule is CCOC(=O)CC(C)(C)CCc1ccc(OCC)cc1. The Hall–Kier alpha value is -1.51. The summed E-state index contributed by atoms with van der Waals surface area (Å²) < 4.78 is 10.4. The fourth-order valence-electron chi connectivity index (χ4n) is 2.09. The molecule has 0 radical (unpaired) electrons. The second-order valence-corrected chi connectivity index (χ2v) is 5.72. The lowest BCUT2D eigenvalue weighted by molar-refractivity contribution is -0.145. The lowest BCUT2D eigenvalue weighted by atomic mass is 9.83. The third-order valence-corrected chi connectivity index (χ3v) is 3.25. The summed E-state index contributed by atoms with van der Waals surface area (Å²) in [5, 5.41) is 0. The van der Waals surface area contributed by atoms with Crippen molar-refractivity contribution in [3.05, 3.63) is 29.8 Å². The van der Waals surface area contributed by atoms with Crippen LogP contribution < -0.4 is 4.74 Å². The molecule has 0 unspecified atom stereocenters. The second-order valence-electron chi connectivity index (χ2n) is 5.72. The monoisotopic (exact) mass is 278 g/mol. The van der Waals surface area contributed by atoms with Gasteiger partial charge in [0, 0.05) is 0 Å². The highest BCUT2D eigenvalue weighted by atomic mass is 16.5. The van der Waals surface area contributed by atoms with Crippen LogP contribution in [0.1, 0.15) is 46.1 Å². The maximum atomic E-state index is 11.5. The zero-order valence-corrected chi connectivity index (χ0v) is 13.1. The number of rotatable bonds is 8. The van der Waals surface area contributed by atoms with Crippen LogP contribution in [0.3, 0.4) is 0 Å². The van der Waals surface area contributed by atoms with Gasteiger partial charge in [-0.3, -0.25) is 4.79 Å². The van der Waals surface area contributed by atoms with Gasteiger partial charge in [0.1, 0.15) is 5.75 Å². The van der Waals surface area contributed by atoms with E-state index < -0.39 is 0 Å². The third kappa shape index (κ3) is 6.09. The van der Waals surface area contributed by atoms with Gasteiger partial charge in [0.15, 0.2) is 0 Å². The van der Waals surface area contributed by atoms with Crippen molar-refractivity contribution in [2.45, 2.75) is 47.0 Å². The Labute approximate surface area is 122 Å². The molecule has 20 heavy (non-hydrogen) atoms. The lowest BCUT2D eigenvalue weighted by Gasteiger charge is -2.23. The number of carbonyl (C=O) groups excluding carboxylic acids is 1. The molecule has 0 fully saturated rings. The van der Waals surface area contributed by atoms with Crippen LogP contribution in [0.5, 0.6) is 5.75 Å². The van der Waals surface area contributed by atoms with Crippen LogP contribution in [0.2, 0.25) is 0 Å². The fourth-order valence-corrected chi connectivity index (χ4v) is 2.09. The number of benzene rings is 1. The van der Waals surface area contributed by atoms with Crippen LogP contribution in [0.15, 0.2) is 24.3 Å². The average Bonchev–Trinajstić information content (AvgIpc) is 2.38. The molecule has 0 spiro atoms. The first-order valence-electron chi connectivity index (χ1n) is 7.34. The van der Waals surface area contributed by atoms with Crippen LogP contribution in [-0.2, 0) is 16.0 Å². The first-order chi connectivity index (χ1) is 9.46. The summed E-state index contributed by atoms with van der Waals surface area (Å²) in [6.07, 6.45) is 2.39. The summed E-state index contributed by atoms with van der Waals surface area (Å²) >= 11 is 0. The van der Waals surface area contributed by atoms with E-state index in [9.17, 15) is 4.79 Å². The van der Waals surface area contributed by atoms with Crippen molar-refractivity contribution >= 4 is 5.97 Å². The van der Waals surface area contributed by atoms with E-state index in [-0.39, 0.29) is 11.4 Å². The molecule has 0 saturated heterocycles. The molecule has 0 N–H and O–H groups in total. The van der Waals surface area contributed by atoms with E-state index in [4.69, 9.17) is 9.47 Å². The zero-order valence-electron chi connectivity index (χ0n) is 13.1. The topological polar surface area (TPSA) is 35.5 Å². The number of hydrogen-bond acceptors (Lipinski definition) is 3. The van der Waals surface area contributed by atoms with Gasteiger partial charge in [0.25, 0.3) is 0 Å². The summed E-state index contributed by atoms with van der Waals surface area (Å²) in [5.41, 5.74) is 1.23. The molecule has 3 heteroatoms. The quantitative estimate of drug-likeness (QED) is 0.674. The Kier molecular flexibility index (Phi) is 6.56. The van der Waals surface area contributed by atoms with Crippen molar-refractivity contribution in [3.8, 4) is 5.75 Å². The normalized spacial score (nSPS) is 11.2. The molecule has 1 aromatic carbocycles. The molecule has 0 atom stereocenters. The Morgan fingerprint density at radius 3 is 2.30 bits per heavy atom. The molecule has 0 aromatic heterocycles. The van der Waals surface area contributed by atoms with Crippen molar-refractivity contribution in [1.82, 2.24) is 0 Å². The minimum atomic E-state index is -0.107. The Bertz CT molecular complexity index is 407. The van der Waals surface area contributed by atoms with Gasteiger partial charge in [0.05, 0.1) is 19.6 Å². The van der Waals surface area contributed by atoms with Crippen LogP contribution >= 0.6 is 0 Å². The van der Waals surface area contributed by atoms with E-state index in [1.54, 1.807) is 0 Å². The molecule has 0 aliphatic carbocycles. The Morgan fingerprint density at radius 2 is 1.75 bits per heavy atom. The largest absolute Gasteiger partial charge is 0.494 e. The van der Waals surface area contributed by atoms with E-state index in [1.807, 2.05) is 26.0 Å². The molecule has 1 aromatic rings. The zero-order chi connectivity index (χ0) is 15.0. The maximum Gasteiger partial charge on any atom is 0.306 e. The first kappa shape index (κ1) is 16.5. The molecule has 0 heterocycles. The van der Waals surface area contributed by atoms with Crippen molar-refractivity contribution in [1.29, 1.82) is 0 Å². The van der Waals surface area contributed by atoms with Crippen molar-refractivity contribution in [2.75, 3.05) is 13.2 Å². The standard InChI is InChI=1S/C17H26O3/c1-5-19-15-9-7-14(8-10-15)11-12-17(3,4)13-16(18)20-6-2/h7-10H,5-6,11-13H2,1-4H3. The van der Waals surface area contributed by atoms with Gasteiger partial charge in [0.2, 0.25) is 0 Å². The predicted octanol–water partition coefficient (Wildman–Crippen LogP) is 4.00. The highest BCUT2D eigenvalue weighted by Crippen LogP contribution is 2.28. The van der Waals surface area contributed by atoms with Gasteiger partial charge in [-0.2, -0.15) is 0 Å². The van der Waals surface area contributed by atoms with E-state index in [0.717, 1.165) is 18.6 Å². The molecule has 1 rings (SSSR count). The molecule has 0 aliphatic heterocycles. The Balaban J connectivity index is 2.46. The Morgan fingerprint density at radius 1 is 1.10 bits per heavy atom. The number of ether oxygens (including phenoxy) is 2. The minimum Gasteiger partial charge on any atom is -0.494 e. The van der Waals surface area contributed by atoms with Crippen molar-refractivity contribution in [2.24, 2.45) is 5.41 Å². The molecular formula is C17H26O3. The van der Waals surface area contributed by atoms with E-state index >= 15 is 0 Å². The highest BCUT2D eigenvalue weighted by Gasteiger charge is 2.22. The van der Waals surface area contributed by atoms with Crippen LogP contribution in [-0.4, -0.2) is 19.2 Å². The molecular weight excluding hydrogens is 252 g/mol. The number of aryl methyl sites for hydroxylation is 1. The fraction of sp³-hybridized carbons (Fsp3) is 0.588. The van der Waals surface area contributed by atoms with Gasteiger partial charge in [-0.05, 0) is 49.8 Å². The lowest BCUT2D eigenvalue weighted by Crippen LogP contribution is -2.19. The molecule has 0 saturated carbocycles. The average molecular weight is 278 g/mol. The molecule has 3 nitrogen and oxygen atoms in total. The third-order valence-electron chi connectivity index (χ3n) is 3.25. The second kappa shape index (κ2) is 7.93. The summed E-state index contributed by atoms with van der Waals surface area (Å²) in [6.45, 7) is 9.17. The van der Waals surface area contributed by atoms with E-state index in [1.165, 1.54) is 5.56 Å². The summed E-state index contributed by atoms with van der Waals surface area (Å²) in [7, 11) is 0. The van der Waals surface area contributed by atoms with Gasteiger partial charge in [-0.15, -0.1) is 0 Å². The van der Waals surface area contributed by atoms with E-state index in [0.29, 0.717) is 19.6 Å². The van der Waals surface area contributed by atoms with Gasteiger partial charge in [-0.25, -0.2) is 0 Å². The van der Waals surface area contributed by atoms with Crippen LogP contribution in [0.25, 0.3) is 0 Å². The van der Waals surface area contributed by atoms with Crippen molar-refractivity contribution in [3.63, 3.8) is 0 Å². The molecule has 0 amide bonds. The number of hydrogen-bond donors (Lipinski definition) is 0. The smallest absolute Gasteiger partial charge is 0.306 e. The molecule has 0 aliphatic rings. The first-order valence-corrected chi connectivity index (χ1v) is 7.34. The highest BCUT2D eigenvalue weighted by molar-refractivity contribution is 5.70. The minimum absolute atomic E-state index is 0.0369. The van der Waals surface area contributed by atoms with Crippen LogP contribution in [0, 0.1) is 5.41 Å². The maximum absolute atomic E-state index is 11.5. The van der Waals surface area contributed by atoms with E-state index in [2.05, 4.69) is 26.0 Å². The summed E-state index contributed by atoms with van der Waals surface area (Å²) in [5.74, 6) is 0.797.